The lowest BCUT2D eigenvalue weighted by Gasteiger charge is -2.14. The molecule has 3 aromatic carbocycles. The van der Waals surface area contributed by atoms with Gasteiger partial charge in [0.25, 0.3) is 5.76 Å². The highest BCUT2D eigenvalue weighted by Crippen LogP contribution is 2.38. The molecule has 0 fully saturated rings. The number of benzene rings is 3. The molecule has 0 amide bonds. The zero-order valence-electron chi connectivity index (χ0n) is 18.2. The van der Waals surface area contributed by atoms with E-state index in [1.165, 1.54) is 42.5 Å². The molecule has 1 heterocycles. The lowest BCUT2D eigenvalue weighted by molar-refractivity contribution is -0.154. The third kappa shape index (κ3) is 5.04. The Morgan fingerprint density at radius 2 is 1.42 bits per heavy atom. The van der Waals surface area contributed by atoms with Gasteiger partial charge in [0.05, 0.1) is 23.6 Å². The first-order valence-electron chi connectivity index (χ1n) is 10.1. The highest BCUT2D eigenvalue weighted by atomic mass is 19.4. The van der Waals surface area contributed by atoms with Gasteiger partial charge in [0, 0.05) is 6.07 Å². The summed E-state index contributed by atoms with van der Waals surface area (Å²) < 4.78 is 74.1. The summed E-state index contributed by atoms with van der Waals surface area (Å²) in [6.07, 6.45) is -5.12. The van der Waals surface area contributed by atoms with Crippen molar-refractivity contribution in [3.05, 3.63) is 99.7 Å². The van der Waals surface area contributed by atoms with Gasteiger partial charge < -0.3 is 18.6 Å². The predicted molar refractivity (Wildman–Crippen MR) is 117 cm³/mol. The van der Waals surface area contributed by atoms with Gasteiger partial charge in [-0.15, -0.1) is 0 Å². The van der Waals surface area contributed by atoms with Crippen molar-refractivity contribution in [1.29, 1.82) is 0 Å². The van der Waals surface area contributed by atoms with Crippen molar-refractivity contribution in [1.82, 2.24) is 0 Å². The monoisotopic (exact) mass is 502 g/mol. The molecule has 11 heteroatoms. The number of fused-ring (bicyclic) bond motifs is 1. The van der Waals surface area contributed by atoms with Gasteiger partial charge in [0.1, 0.15) is 22.9 Å². The molecular weight excluding hydrogens is 488 g/mol. The largest absolute Gasteiger partial charge is 0.465 e. The van der Waals surface area contributed by atoms with Crippen LogP contribution in [0, 0.1) is 5.82 Å². The fourth-order valence-corrected chi connectivity index (χ4v) is 3.15. The first kappa shape index (κ1) is 24.5. The zero-order valence-corrected chi connectivity index (χ0v) is 18.2. The molecule has 0 N–H and O–H groups in total. The summed E-state index contributed by atoms with van der Waals surface area (Å²) >= 11 is 0. The molecule has 4 rings (SSSR count). The molecule has 0 aliphatic rings. The number of methoxy groups -OCH3 is 1. The number of hydrogen-bond donors (Lipinski definition) is 0. The van der Waals surface area contributed by atoms with Gasteiger partial charge in [-0.1, -0.05) is 0 Å². The van der Waals surface area contributed by atoms with E-state index in [4.69, 9.17) is 13.9 Å². The Hall–Kier alpha value is -4.67. The second-order valence-electron chi connectivity index (χ2n) is 7.26. The Kier molecular flexibility index (Phi) is 6.47. The third-order valence-electron chi connectivity index (χ3n) is 4.87. The quantitative estimate of drug-likeness (QED) is 0.195. The Bertz CT molecular complexity index is 1510. The zero-order chi connectivity index (χ0) is 26.0. The molecule has 0 saturated heterocycles. The molecule has 0 atom stereocenters. The highest BCUT2D eigenvalue weighted by Gasteiger charge is 2.40. The number of halogens is 4. The first-order chi connectivity index (χ1) is 17.1. The number of esters is 2. The highest BCUT2D eigenvalue weighted by molar-refractivity contribution is 5.91. The number of rotatable bonds is 5. The van der Waals surface area contributed by atoms with E-state index in [9.17, 15) is 31.9 Å². The van der Waals surface area contributed by atoms with Crippen molar-refractivity contribution >= 4 is 22.9 Å². The molecule has 0 aliphatic heterocycles. The van der Waals surface area contributed by atoms with E-state index < -0.39 is 46.5 Å². The van der Waals surface area contributed by atoms with E-state index in [1.54, 1.807) is 0 Å². The molecule has 184 valence electrons. The minimum atomic E-state index is -5.12. The predicted octanol–water partition coefficient (Wildman–Crippen LogP) is 5.75. The molecular formula is C25H14F4O7. The smallest absolute Gasteiger partial charge is 0.453 e. The van der Waals surface area contributed by atoms with Crippen LogP contribution in [0.25, 0.3) is 11.0 Å². The summed E-state index contributed by atoms with van der Waals surface area (Å²) in [5.41, 5.74) is -1.52. The van der Waals surface area contributed by atoms with Gasteiger partial charge in [0.15, 0.2) is 0 Å². The van der Waals surface area contributed by atoms with Crippen molar-refractivity contribution in [2.24, 2.45) is 0 Å². The minimum absolute atomic E-state index is 0.00380. The fourth-order valence-electron chi connectivity index (χ4n) is 3.15. The summed E-state index contributed by atoms with van der Waals surface area (Å²) in [5.74, 6) is -5.33. The molecule has 0 saturated carbocycles. The number of carbonyl (C=O) groups excluding carboxylic acids is 2. The second kappa shape index (κ2) is 9.53. The summed E-state index contributed by atoms with van der Waals surface area (Å²) in [5, 5.41) is -0.272. The maximum Gasteiger partial charge on any atom is 0.453 e. The summed E-state index contributed by atoms with van der Waals surface area (Å²) in [6, 6.07) is 12.5. The summed E-state index contributed by atoms with van der Waals surface area (Å²) in [4.78, 5) is 36.7. The van der Waals surface area contributed by atoms with Crippen LogP contribution in [0.15, 0.2) is 75.9 Å². The molecule has 4 aromatic rings. The maximum absolute atomic E-state index is 13.7. The van der Waals surface area contributed by atoms with Gasteiger partial charge in [-0.05, 0) is 60.7 Å². The molecule has 0 aliphatic carbocycles. The number of carbonyl (C=O) groups is 2. The molecule has 0 unspecified atom stereocenters. The number of ether oxygens (including phenoxy) is 3. The fraction of sp³-hybridized carbons (Fsp3) is 0.0800. The standard InChI is InChI=1S/C25H14F4O7/c1-33-23(31)13-4-8-16(9-5-13)34-21-20(30)18-11-10-17(12-19(18)36-22(21)25(27,28)29)35-24(32)14-2-6-15(26)7-3-14/h2-12H,1H3. The van der Waals surface area contributed by atoms with Gasteiger partial charge in [-0.2, -0.15) is 13.2 Å². The van der Waals surface area contributed by atoms with Crippen LogP contribution in [0.3, 0.4) is 0 Å². The van der Waals surface area contributed by atoms with E-state index in [2.05, 4.69) is 4.74 Å². The van der Waals surface area contributed by atoms with Crippen LogP contribution in [-0.4, -0.2) is 19.0 Å². The second-order valence-corrected chi connectivity index (χ2v) is 7.26. The van der Waals surface area contributed by atoms with Crippen LogP contribution in [0.2, 0.25) is 0 Å². The number of alkyl halides is 3. The van der Waals surface area contributed by atoms with E-state index >= 15 is 0 Å². The Morgan fingerprint density at radius 3 is 2.03 bits per heavy atom. The van der Waals surface area contributed by atoms with E-state index in [0.29, 0.717) is 0 Å². The van der Waals surface area contributed by atoms with Crippen LogP contribution in [0.5, 0.6) is 17.2 Å². The Labute approximate surface area is 199 Å². The van der Waals surface area contributed by atoms with E-state index in [0.717, 1.165) is 31.4 Å². The van der Waals surface area contributed by atoms with Gasteiger partial charge in [-0.25, -0.2) is 14.0 Å². The van der Waals surface area contributed by atoms with Crippen molar-refractivity contribution in [2.75, 3.05) is 7.11 Å². The van der Waals surface area contributed by atoms with E-state index in [-0.39, 0.29) is 28.0 Å². The van der Waals surface area contributed by atoms with E-state index in [1.807, 2.05) is 0 Å². The topological polar surface area (TPSA) is 92.0 Å². The van der Waals surface area contributed by atoms with Crippen LogP contribution >= 0.6 is 0 Å². The normalized spacial score (nSPS) is 11.2. The minimum Gasteiger partial charge on any atom is -0.465 e. The lowest BCUT2D eigenvalue weighted by Crippen LogP contribution is -2.15. The molecule has 0 radical (unpaired) electrons. The van der Waals surface area contributed by atoms with Gasteiger partial charge in [0.2, 0.25) is 11.2 Å². The molecule has 1 aromatic heterocycles. The first-order valence-corrected chi connectivity index (χ1v) is 10.1. The van der Waals surface area contributed by atoms with Crippen molar-refractivity contribution in [3.63, 3.8) is 0 Å². The van der Waals surface area contributed by atoms with Gasteiger partial charge in [-0.3, -0.25) is 4.79 Å². The maximum atomic E-state index is 13.7. The Morgan fingerprint density at radius 1 is 0.833 bits per heavy atom. The third-order valence-corrected chi connectivity index (χ3v) is 4.87. The SMILES string of the molecule is COC(=O)c1ccc(Oc2c(C(F)(F)F)oc3cc(OC(=O)c4ccc(F)cc4)ccc3c2=O)cc1. The van der Waals surface area contributed by atoms with Crippen LogP contribution < -0.4 is 14.9 Å². The lowest BCUT2D eigenvalue weighted by atomic mass is 10.2. The molecule has 7 nitrogen and oxygen atoms in total. The molecule has 0 spiro atoms. The van der Waals surface area contributed by atoms with Crippen molar-refractivity contribution < 1.29 is 45.8 Å². The molecule has 0 bridgehead atoms. The molecule has 36 heavy (non-hydrogen) atoms. The number of hydrogen-bond acceptors (Lipinski definition) is 7. The van der Waals surface area contributed by atoms with Crippen molar-refractivity contribution in [3.8, 4) is 17.2 Å². The van der Waals surface area contributed by atoms with Crippen LogP contribution in [0.1, 0.15) is 26.5 Å². The van der Waals surface area contributed by atoms with Crippen molar-refractivity contribution in [2.45, 2.75) is 6.18 Å². The summed E-state index contributed by atoms with van der Waals surface area (Å²) in [6.45, 7) is 0. The average Bonchev–Trinajstić information content (AvgIpc) is 2.85. The summed E-state index contributed by atoms with van der Waals surface area (Å²) in [7, 11) is 1.16. The van der Waals surface area contributed by atoms with Gasteiger partial charge >= 0.3 is 18.1 Å². The van der Waals surface area contributed by atoms with Crippen LogP contribution in [0.4, 0.5) is 17.6 Å². The average molecular weight is 502 g/mol. The van der Waals surface area contributed by atoms with Crippen LogP contribution in [-0.2, 0) is 10.9 Å². The Balaban J connectivity index is 1.71.